The van der Waals surface area contributed by atoms with E-state index in [-0.39, 0.29) is 12.5 Å². The summed E-state index contributed by atoms with van der Waals surface area (Å²) in [5, 5.41) is 9.01. The normalized spacial score (nSPS) is 25.3. The fraction of sp³-hybridized carbons (Fsp3) is 0.467. The summed E-state index contributed by atoms with van der Waals surface area (Å²) in [6.07, 6.45) is 0.764. The highest BCUT2D eigenvalue weighted by Crippen LogP contribution is 2.30. The molecule has 2 aliphatic heterocycles. The third kappa shape index (κ3) is 2.29. The third-order valence-electron chi connectivity index (χ3n) is 4.07. The van der Waals surface area contributed by atoms with Gasteiger partial charge in [0.15, 0.2) is 6.10 Å². The van der Waals surface area contributed by atoms with Gasteiger partial charge in [-0.25, -0.2) is 0 Å². The van der Waals surface area contributed by atoms with Gasteiger partial charge in [-0.05, 0) is 24.0 Å². The minimum atomic E-state index is -0.828. The van der Waals surface area contributed by atoms with Gasteiger partial charge < -0.3 is 14.7 Å². The van der Waals surface area contributed by atoms with Crippen LogP contribution in [0.3, 0.4) is 0 Å². The van der Waals surface area contributed by atoms with E-state index in [9.17, 15) is 9.59 Å². The second-order valence-corrected chi connectivity index (χ2v) is 5.31. The predicted octanol–water partition coefficient (Wildman–Crippen LogP) is 1.23. The van der Waals surface area contributed by atoms with Crippen LogP contribution >= 0.6 is 0 Å². The molecule has 106 valence electrons. The lowest BCUT2D eigenvalue weighted by Crippen LogP contribution is -2.37. The van der Waals surface area contributed by atoms with Crippen LogP contribution < -0.4 is 0 Å². The van der Waals surface area contributed by atoms with Gasteiger partial charge in [0.05, 0.1) is 12.5 Å². The molecule has 1 N–H and O–H groups in total. The maximum Gasteiger partial charge on any atom is 0.308 e. The van der Waals surface area contributed by atoms with Gasteiger partial charge in [-0.2, -0.15) is 0 Å². The summed E-state index contributed by atoms with van der Waals surface area (Å²) in [7, 11) is 0. The quantitative estimate of drug-likeness (QED) is 0.881. The second-order valence-electron chi connectivity index (χ2n) is 5.31. The summed E-state index contributed by atoms with van der Waals surface area (Å²) in [4.78, 5) is 25.1. The molecule has 5 nitrogen and oxygen atoms in total. The van der Waals surface area contributed by atoms with Crippen molar-refractivity contribution in [1.82, 2.24) is 4.90 Å². The Morgan fingerprint density at radius 2 is 2.10 bits per heavy atom. The molecule has 0 saturated carbocycles. The van der Waals surface area contributed by atoms with Crippen molar-refractivity contribution in [3.05, 3.63) is 35.4 Å². The van der Waals surface area contributed by atoms with Crippen LogP contribution in [0.1, 0.15) is 23.7 Å². The number of ether oxygens (including phenoxy) is 1. The Kier molecular flexibility index (Phi) is 3.44. The molecule has 0 spiro atoms. The minimum absolute atomic E-state index is 0.110. The van der Waals surface area contributed by atoms with Gasteiger partial charge in [0.25, 0.3) is 5.91 Å². The standard InChI is InChI=1S/C15H17NO4/c17-14(16-7-5-11(9-16)15(18)19)13-12-4-2-1-3-10(12)6-8-20-13/h1-4,11,13H,5-9H2,(H,18,19)/t11-,13+/m1/s1. The smallest absolute Gasteiger partial charge is 0.308 e. The zero-order valence-electron chi connectivity index (χ0n) is 11.1. The number of hydrogen-bond donors (Lipinski definition) is 1. The van der Waals surface area contributed by atoms with E-state index < -0.39 is 18.0 Å². The van der Waals surface area contributed by atoms with E-state index in [1.165, 1.54) is 0 Å². The average Bonchev–Trinajstić information content (AvgIpc) is 2.96. The van der Waals surface area contributed by atoms with Crippen LogP contribution in [-0.4, -0.2) is 41.6 Å². The number of carbonyl (C=O) groups is 2. The number of carbonyl (C=O) groups excluding carboxylic acids is 1. The number of nitrogens with zero attached hydrogens (tertiary/aromatic N) is 1. The molecule has 0 aliphatic carbocycles. The first-order valence-corrected chi connectivity index (χ1v) is 6.88. The van der Waals surface area contributed by atoms with Crippen LogP contribution in [0.25, 0.3) is 0 Å². The van der Waals surface area contributed by atoms with Gasteiger partial charge in [0, 0.05) is 13.1 Å². The Hall–Kier alpha value is -1.88. The Labute approximate surface area is 117 Å². The molecule has 20 heavy (non-hydrogen) atoms. The summed E-state index contributed by atoms with van der Waals surface area (Å²) < 4.78 is 5.64. The minimum Gasteiger partial charge on any atom is -0.481 e. The molecule has 2 atom stereocenters. The Morgan fingerprint density at radius 3 is 2.85 bits per heavy atom. The highest BCUT2D eigenvalue weighted by Gasteiger charge is 2.36. The van der Waals surface area contributed by atoms with Crippen LogP contribution in [-0.2, 0) is 20.7 Å². The van der Waals surface area contributed by atoms with Gasteiger partial charge in [0.1, 0.15) is 0 Å². The van der Waals surface area contributed by atoms with E-state index in [0.717, 1.165) is 17.5 Å². The number of aliphatic carboxylic acids is 1. The molecular weight excluding hydrogens is 258 g/mol. The van der Waals surface area contributed by atoms with E-state index in [4.69, 9.17) is 9.84 Å². The summed E-state index contributed by atoms with van der Waals surface area (Å²) in [6.45, 7) is 1.32. The van der Waals surface area contributed by atoms with Gasteiger partial charge in [-0.15, -0.1) is 0 Å². The molecule has 3 rings (SSSR count). The van der Waals surface area contributed by atoms with Gasteiger partial charge >= 0.3 is 5.97 Å². The SMILES string of the molecule is O=C(O)[C@@H]1CCN(C(=O)[C@H]2OCCc3ccccc32)C1. The molecule has 2 heterocycles. The van der Waals surface area contributed by atoms with Crippen LogP contribution in [0.15, 0.2) is 24.3 Å². The predicted molar refractivity (Wildman–Crippen MR) is 71.2 cm³/mol. The van der Waals surface area contributed by atoms with E-state index in [0.29, 0.717) is 19.6 Å². The van der Waals surface area contributed by atoms with E-state index in [1.54, 1.807) is 4.90 Å². The van der Waals surface area contributed by atoms with Crippen LogP contribution in [0, 0.1) is 5.92 Å². The lowest BCUT2D eigenvalue weighted by Gasteiger charge is -2.28. The van der Waals surface area contributed by atoms with Crippen molar-refractivity contribution < 1.29 is 19.4 Å². The Morgan fingerprint density at radius 1 is 1.30 bits per heavy atom. The largest absolute Gasteiger partial charge is 0.481 e. The molecule has 2 aliphatic rings. The van der Waals surface area contributed by atoms with Crippen LogP contribution in [0.4, 0.5) is 0 Å². The molecular formula is C15H17NO4. The number of carboxylic acids is 1. The van der Waals surface area contributed by atoms with Crippen molar-refractivity contribution in [2.75, 3.05) is 19.7 Å². The summed E-state index contributed by atoms with van der Waals surface area (Å²) in [5.74, 6) is -1.39. The number of benzene rings is 1. The van der Waals surface area contributed by atoms with Crippen molar-refractivity contribution in [1.29, 1.82) is 0 Å². The number of fused-ring (bicyclic) bond motifs is 1. The molecule has 0 bridgehead atoms. The molecule has 1 aromatic rings. The summed E-state index contributed by atoms with van der Waals surface area (Å²) in [5.41, 5.74) is 2.06. The molecule has 0 aromatic heterocycles. The highest BCUT2D eigenvalue weighted by molar-refractivity contribution is 5.84. The maximum atomic E-state index is 12.5. The number of amides is 1. The molecule has 0 radical (unpaired) electrons. The fourth-order valence-electron chi connectivity index (χ4n) is 2.93. The van der Waals surface area contributed by atoms with E-state index >= 15 is 0 Å². The van der Waals surface area contributed by atoms with Crippen molar-refractivity contribution in [3.63, 3.8) is 0 Å². The Bertz CT molecular complexity index is 542. The highest BCUT2D eigenvalue weighted by atomic mass is 16.5. The molecule has 1 amide bonds. The van der Waals surface area contributed by atoms with E-state index in [1.807, 2.05) is 24.3 Å². The lowest BCUT2D eigenvalue weighted by atomic mass is 9.97. The van der Waals surface area contributed by atoms with Gasteiger partial charge in [0.2, 0.25) is 0 Å². The molecule has 1 saturated heterocycles. The first kappa shape index (κ1) is 13.1. The third-order valence-corrected chi connectivity index (χ3v) is 4.07. The average molecular weight is 275 g/mol. The second kappa shape index (κ2) is 5.25. The van der Waals surface area contributed by atoms with Crippen molar-refractivity contribution in [2.45, 2.75) is 18.9 Å². The maximum absolute atomic E-state index is 12.5. The zero-order chi connectivity index (χ0) is 14.1. The molecule has 5 heteroatoms. The summed E-state index contributed by atoms with van der Waals surface area (Å²) in [6, 6.07) is 7.80. The van der Waals surface area contributed by atoms with Crippen molar-refractivity contribution in [3.8, 4) is 0 Å². The molecule has 1 fully saturated rings. The molecule has 0 unspecified atom stereocenters. The number of hydrogen-bond acceptors (Lipinski definition) is 3. The zero-order valence-corrected chi connectivity index (χ0v) is 11.1. The lowest BCUT2D eigenvalue weighted by molar-refractivity contribution is -0.145. The van der Waals surface area contributed by atoms with Crippen LogP contribution in [0.2, 0.25) is 0 Å². The van der Waals surface area contributed by atoms with Crippen molar-refractivity contribution in [2.24, 2.45) is 5.92 Å². The number of likely N-dealkylation sites (tertiary alicyclic amines) is 1. The van der Waals surface area contributed by atoms with Gasteiger partial charge in [-0.1, -0.05) is 24.3 Å². The van der Waals surface area contributed by atoms with Gasteiger partial charge in [-0.3, -0.25) is 9.59 Å². The summed E-state index contributed by atoms with van der Waals surface area (Å²) >= 11 is 0. The fourth-order valence-corrected chi connectivity index (χ4v) is 2.93. The topological polar surface area (TPSA) is 66.8 Å². The first-order chi connectivity index (χ1) is 9.66. The van der Waals surface area contributed by atoms with Crippen molar-refractivity contribution >= 4 is 11.9 Å². The number of rotatable bonds is 2. The van der Waals surface area contributed by atoms with Crippen LogP contribution in [0.5, 0.6) is 0 Å². The monoisotopic (exact) mass is 275 g/mol. The first-order valence-electron chi connectivity index (χ1n) is 6.88. The number of carboxylic acid groups (broad SMARTS) is 1. The molecule has 1 aromatic carbocycles. The Balaban J connectivity index is 1.78. The van der Waals surface area contributed by atoms with E-state index in [2.05, 4.69) is 0 Å².